The van der Waals surface area contributed by atoms with E-state index in [-0.39, 0.29) is 5.82 Å². The number of aliphatic hydroxyl groups excluding tert-OH is 1. The van der Waals surface area contributed by atoms with Gasteiger partial charge >= 0.3 is 0 Å². The van der Waals surface area contributed by atoms with E-state index in [0.29, 0.717) is 5.92 Å². The molecule has 0 saturated heterocycles. The molecule has 0 fully saturated rings. The lowest BCUT2D eigenvalue weighted by molar-refractivity contribution is 0.219. The molecule has 0 spiro atoms. The van der Waals surface area contributed by atoms with Crippen LogP contribution in [0.2, 0.25) is 0 Å². The van der Waals surface area contributed by atoms with Gasteiger partial charge < -0.3 is 5.11 Å². The van der Waals surface area contributed by atoms with E-state index in [1.54, 1.807) is 6.07 Å². The third kappa shape index (κ3) is 3.79. The minimum absolute atomic E-state index is 0.279. The molecular formula is C17H18FIO. The van der Waals surface area contributed by atoms with E-state index in [1.807, 2.05) is 18.2 Å². The van der Waals surface area contributed by atoms with Crippen molar-refractivity contribution in [2.45, 2.75) is 26.4 Å². The molecule has 0 radical (unpaired) electrons. The molecule has 2 rings (SSSR count). The van der Waals surface area contributed by atoms with E-state index in [9.17, 15) is 9.50 Å². The average Bonchev–Trinajstić information content (AvgIpc) is 2.37. The Hall–Kier alpha value is -0.940. The van der Waals surface area contributed by atoms with Crippen LogP contribution in [0.15, 0.2) is 42.5 Å². The smallest absolute Gasteiger partial charge is 0.124 e. The first-order valence-corrected chi connectivity index (χ1v) is 7.77. The maximum absolute atomic E-state index is 13.1. The molecule has 0 bridgehead atoms. The second-order valence-corrected chi connectivity index (χ2v) is 6.57. The number of halogens is 2. The van der Waals surface area contributed by atoms with Crippen LogP contribution in [-0.2, 0) is 6.42 Å². The Balaban J connectivity index is 2.30. The van der Waals surface area contributed by atoms with Gasteiger partial charge in [0.15, 0.2) is 0 Å². The number of benzene rings is 2. The molecule has 0 aliphatic carbocycles. The third-order valence-electron chi connectivity index (χ3n) is 3.17. The number of hydrogen-bond acceptors (Lipinski definition) is 1. The second-order valence-electron chi connectivity index (χ2n) is 5.41. The summed E-state index contributed by atoms with van der Waals surface area (Å²) in [5.41, 5.74) is 2.81. The molecule has 20 heavy (non-hydrogen) atoms. The van der Waals surface area contributed by atoms with Crippen LogP contribution in [0.1, 0.15) is 36.6 Å². The fourth-order valence-electron chi connectivity index (χ4n) is 2.26. The molecule has 1 atom stereocenters. The maximum atomic E-state index is 13.1. The molecule has 1 N–H and O–H groups in total. The summed E-state index contributed by atoms with van der Waals surface area (Å²) in [6.45, 7) is 4.35. The molecule has 1 unspecified atom stereocenters. The van der Waals surface area contributed by atoms with Crippen LogP contribution in [0.3, 0.4) is 0 Å². The average molecular weight is 384 g/mol. The molecule has 0 amide bonds. The van der Waals surface area contributed by atoms with Crippen molar-refractivity contribution in [3.05, 3.63) is 68.5 Å². The van der Waals surface area contributed by atoms with Gasteiger partial charge in [0.05, 0.1) is 0 Å². The first kappa shape index (κ1) is 15.4. The largest absolute Gasteiger partial charge is 0.384 e. The SMILES string of the molecule is CC(C)Cc1cccc(C(O)c2ccc(F)cc2I)c1. The minimum Gasteiger partial charge on any atom is -0.384 e. The first-order valence-electron chi connectivity index (χ1n) is 6.69. The Bertz CT molecular complexity index is 595. The molecule has 0 aliphatic rings. The predicted molar refractivity (Wildman–Crippen MR) is 88.2 cm³/mol. The molecule has 3 heteroatoms. The molecular weight excluding hydrogens is 366 g/mol. The third-order valence-corrected chi connectivity index (χ3v) is 4.10. The standard InChI is InChI=1S/C17H18FIO/c1-11(2)8-12-4-3-5-13(9-12)17(20)15-7-6-14(18)10-16(15)19/h3-7,9-11,17,20H,8H2,1-2H3. The van der Waals surface area contributed by atoms with Gasteiger partial charge in [-0.1, -0.05) is 44.2 Å². The monoisotopic (exact) mass is 384 g/mol. The molecule has 0 aliphatic heterocycles. The van der Waals surface area contributed by atoms with Crippen LogP contribution < -0.4 is 0 Å². The van der Waals surface area contributed by atoms with Crippen LogP contribution in [0, 0.1) is 15.3 Å². The molecule has 0 aromatic heterocycles. The Morgan fingerprint density at radius 3 is 2.55 bits per heavy atom. The Kier molecular flexibility index (Phi) is 5.16. The molecule has 2 aromatic carbocycles. The molecule has 2 aromatic rings. The normalized spacial score (nSPS) is 12.7. The Morgan fingerprint density at radius 2 is 1.90 bits per heavy atom. The summed E-state index contributed by atoms with van der Waals surface area (Å²) in [7, 11) is 0. The van der Waals surface area contributed by atoms with Crippen molar-refractivity contribution in [1.82, 2.24) is 0 Å². The van der Waals surface area contributed by atoms with Crippen LogP contribution in [0.25, 0.3) is 0 Å². The molecule has 0 saturated carbocycles. The van der Waals surface area contributed by atoms with Gasteiger partial charge in [0.2, 0.25) is 0 Å². The van der Waals surface area contributed by atoms with Gasteiger partial charge in [-0.15, -0.1) is 0 Å². The number of aliphatic hydroxyl groups is 1. The zero-order valence-electron chi connectivity index (χ0n) is 11.6. The summed E-state index contributed by atoms with van der Waals surface area (Å²) in [4.78, 5) is 0. The number of rotatable bonds is 4. The summed E-state index contributed by atoms with van der Waals surface area (Å²) in [6.07, 6.45) is 0.274. The van der Waals surface area contributed by atoms with Gasteiger partial charge in [-0.2, -0.15) is 0 Å². The van der Waals surface area contributed by atoms with E-state index in [2.05, 4.69) is 42.5 Å². The lowest BCUT2D eigenvalue weighted by Gasteiger charge is -2.15. The Morgan fingerprint density at radius 1 is 1.15 bits per heavy atom. The Labute approximate surface area is 133 Å². The summed E-state index contributed by atoms with van der Waals surface area (Å²) < 4.78 is 13.9. The quantitative estimate of drug-likeness (QED) is 0.757. The van der Waals surface area contributed by atoms with Gasteiger partial charge in [-0.05, 0) is 63.8 Å². The highest BCUT2D eigenvalue weighted by Gasteiger charge is 2.14. The highest BCUT2D eigenvalue weighted by atomic mass is 127. The summed E-state index contributed by atoms with van der Waals surface area (Å²) in [5.74, 6) is 0.298. The molecule has 1 nitrogen and oxygen atoms in total. The van der Waals surface area contributed by atoms with Crippen molar-refractivity contribution in [2.24, 2.45) is 5.92 Å². The van der Waals surface area contributed by atoms with E-state index >= 15 is 0 Å². The topological polar surface area (TPSA) is 20.2 Å². The van der Waals surface area contributed by atoms with Crippen LogP contribution in [0.4, 0.5) is 4.39 Å². The fraction of sp³-hybridized carbons (Fsp3) is 0.294. The van der Waals surface area contributed by atoms with Crippen LogP contribution >= 0.6 is 22.6 Å². The van der Waals surface area contributed by atoms with E-state index in [1.165, 1.54) is 17.7 Å². The second kappa shape index (κ2) is 6.68. The van der Waals surface area contributed by atoms with Crippen molar-refractivity contribution in [2.75, 3.05) is 0 Å². The van der Waals surface area contributed by atoms with Crippen molar-refractivity contribution in [3.63, 3.8) is 0 Å². The maximum Gasteiger partial charge on any atom is 0.124 e. The van der Waals surface area contributed by atoms with Crippen molar-refractivity contribution < 1.29 is 9.50 Å². The summed E-state index contributed by atoms with van der Waals surface area (Å²) >= 11 is 2.06. The van der Waals surface area contributed by atoms with Crippen molar-refractivity contribution >= 4 is 22.6 Å². The lowest BCUT2D eigenvalue weighted by atomic mass is 9.96. The van der Waals surface area contributed by atoms with Crippen molar-refractivity contribution in [3.8, 4) is 0 Å². The van der Waals surface area contributed by atoms with Gasteiger partial charge in [0, 0.05) is 3.57 Å². The van der Waals surface area contributed by atoms with Gasteiger partial charge in [0.1, 0.15) is 11.9 Å². The van der Waals surface area contributed by atoms with Gasteiger partial charge in [0.25, 0.3) is 0 Å². The fourth-order valence-corrected chi connectivity index (χ4v) is 3.04. The highest BCUT2D eigenvalue weighted by molar-refractivity contribution is 14.1. The van der Waals surface area contributed by atoms with Gasteiger partial charge in [-0.25, -0.2) is 4.39 Å². The molecule has 0 heterocycles. The van der Waals surface area contributed by atoms with E-state index in [4.69, 9.17) is 0 Å². The zero-order valence-corrected chi connectivity index (χ0v) is 13.8. The summed E-state index contributed by atoms with van der Waals surface area (Å²) in [6, 6.07) is 12.5. The van der Waals surface area contributed by atoms with Crippen molar-refractivity contribution in [1.29, 1.82) is 0 Å². The zero-order chi connectivity index (χ0) is 14.7. The highest BCUT2D eigenvalue weighted by Crippen LogP contribution is 2.27. The summed E-state index contributed by atoms with van der Waals surface area (Å²) in [5, 5.41) is 10.5. The lowest BCUT2D eigenvalue weighted by Crippen LogP contribution is -2.04. The van der Waals surface area contributed by atoms with Crippen LogP contribution in [-0.4, -0.2) is 5.11 Å². The van der Waals surface area contributed by atoms with E-state index < -0.39 is 6.10 Å². The van der Waals surface area contributed by atoms with Crippen LogP contribution in [0.5, 0.6) is 0 Å². The minimum atomic E-state index is -0.713. The first-order chi connectivity index (χ1) is 9.47. The number of hydrogen-bond donors (Lipinski definition) is 1. The van der Waals surface area contributed by atoms with Gasteiger partial charge in [-0.3, -0.25) is 0 Å². The molecule has 106 valence electrons. The van der Waals surface area contributed by atoms with E-state index in [0.717, 1.165) is 21.1 Å². The predicted octanol–water partition coefficient (Wildman–Crippen LogP) is 4.71.